The number of nitrogens with one attached hydrogen (secondary N) is 2. The molecule has 0 bridgehead atoms. The summed E-state index contributed by atoms with van der Waals surface area (Å²) in [5.41, 5.74) is 1.83. The first kappa shape index (κ1) is 19.4. The molecule has 0 fully saturated rings. The van der Waals surface area contributed by atoms with Crippen molar-refractivity contribution in [1.82, 2.24) is 14.9 Å². The molecule has 0 saturated heterocycles. The summed E-state index contributed by atoms with van der Waals surface area (Å²) >= 11 is 5.24. The largest absolute Gasteiger partial charge is 0.494 e. The lowest BCUT2D eigenvalue weighted by molar-refractivity contribution is 0.352. The molecule has 3 rings (SSSR count). The predicted octanol–water partition coefficient (Wildman–Crippen LogP) is 2.66. The molecule has 1 aromatic heterocycles. The standard InChI is InChI=1S/C19H25N3O4S/c1-4-5-8-22-18(24)15(17(23)21-19(22)27)16-12-10-14(26-3)13(25-2)9-11(12)6-7-20-16/h9-10,16,20,24H,4-8H2,1-3H3,(H,21,23,27)/t16-/m1/s1. The van der Waals surface area contributed by atoms with Crippen LogP contribution in [0.5, 0.6) is 17.4 Å². The molecule has 0 spiro atoms. The topological polar surface area (TPSA) is 88.5 Å². The summed E-state index contributed by atoms with van der Waals surface area (Å²) in [4.78, 5) is 15.4. The smallest absolute Gasteiger partial charge is 0.260 e. The highest BCUT2D eigenvalue weighted by Crippen LogP contribution is 2.38. The Labute approximate surface area is 163 Å². The van der Waals surface area contributed by atoms with E-state index in [0.29, 0.717) is 24.6 Å². The van der Waals surface area contributed by atoms with Crippen LogP contribution in [0.15, 0.2) is 16.9 Å². The summed E-state index contributed by atoms with van der Waals surface area (Å²) < 4.78 is 12.6. The molecule has 2 heterocycles. The Hall–Kier alpha value is -2.32. The highest BCUT2D eigenvalue weighted by atomic mass is 32.1. The minimum atomic E-state index is -0.458. The fourth-order valence-electron chi connectivity index (χ4n) is 3.50. The van der Waals surface area contributed by atoms with Crippen LogP contribution in [0, 0.1) is 4.77 Å². The van der Waals surface area contributed by atoms with Crippen LogP contribution in [0.1, 0.15) is 42.5 Å². The molecule has 27 heavy (non-hydrogen) atoms. The van der Waals surface area contributed by atoms with E-state index in [1.165, 1.54) is 0 Å². The average molecular weight is 391 g/mol. The van der Waals surface area contributed by atoms with Crippen molar-refractivity contribution < 1.29 is 14.6 Å². The minimum Gasteiger partial charge on any atom is -0.494 e. The van der Waals surface area contributed by atoms with Gasteiger partial charge in [-0.15, -0.1) is 0 Å². The lowest BCUT2D eigenvalue weighted by Crippen LogP contribution is -2.35. The fraction of sp³-hybridized carbons (Fsp3) is 0.474. The third-order valence-electron chi connectivity index (χ3n) is 4.93. The molecule has 0 unspecified atom stereocenters. The number of H-pyrrole nitrogens is 1. The van der Waals surface area contributed by atoms with Crippen LogP contribution >= 0.6 is 12.2 Å². The SMILES string of the molecule is CCCCn1c(O)c([C@@H]2NCCc3cc(OC)c(OC)cc32)c(=O)[nH]c1=S. The van der Waals surface area contributed by atoms with Gasteiger partial charge in [0.25, 0.3) is 5.56 Å². The van der Waals surface area contributed by atoms with E-state index in [1.54, 1.807) is 18.8 Å². The molecule has 0 radical (unpaired) electrons. The molecule has 1 aromatic carbocycles. The highest BCUT2D eigenvalue weighted by molar-refractivity contribution is 7.71. The number of hydrogen-bond donors (Lipinski definition) is 3. The molecule has 0 amide bonds. The first-order valence-electron chi connectivity index (χ1n) is 9.05. The lowest BCUT2D eigenvalue weighted by atomic mass is 9.90. The number of fused-ring (bicyclic) bond motifs is 1. The predicted molar refractivity (Wildman–Crippen MR) is 106 cm³/mol. The van der Waals surface area contributed by atoms with Gasteiger partial charge in [0.15, 0.2) is 16.3 Å². The van der Waals surface area contributed by atoms with Crippen molar-refractivity contribution in [3.05, 3.63) is 43.9 Å². The number of unbranched alkanes of at least 4 members (excludes halogenated alkanes) is 1. The maximum absolute atomic E-state index is 12.7. The van der Waals surface area contributed by atoms with Crippen LogP contribution in [-0.2, 0) is 13.0 Å². The summed E-state index contributed by atoms with van der Waals surface area (Å²) in [6.45, 7) is 3.29. The van der Waals surface area contributed by atoms with Crippen molar-refractivity contribution in [1.29, 1.82) is 0 Å². The Morgan fingerprint density at radius 3 is 2.67 bits per heavy atom. The maximum atomic E-state index is 12.7. The number of ether oxygens (including phenoxy) is 2. The summed E-state index contributed by atoms with van der Waals surface area (Å²) in [6.07, 6.45) is 2.60. The number of aromatic nitrogens is 2. The molecule has 1 aliphatic heterocycles. The van der Waals surface area contributed by atoms with Crippen LogP contribution in [0.4, 0.5) is 0 Å². The molecule has 1 atom stereocenters. The van der Waals surface area contributed by atoms with E-state index < -0.39 is 6.04 Å². The third kappa shape index (κ3) is 3.59. The Bertz CT molecular complexity index is 951. The number of aromatic amines is 1. The lowest BCUT2D eigenvalue weighted by Gasteiger charge is -2.29. The van der Waals surface area contributed by atoms with Crippen LogP contribution in [0.25, 0.3) is 0 Å². The second-order valence-electron chi connectivity index (χ2n) is 6.54. The van der Waals surface area contributed by atoms with Crippen molar-refractivity contribution >= 4 is 12.2 Å². The normalized spacial score (nSPS) is 16.0. The van der Waals surface area contributed by atoms with Crippen LogP contribution in [0.2, 0.25) is 0 Å². The summed E-state index contributed by atoms with van der Waals surface area (Å²) in [5.74, 6) is 1.14. The van der Waals surface area contributed by atoms with Gasteiger partial charge in [-0.05, 0) is 48.3 Å². The Morgan fingerprint density at radius 2 is 2.00 bits per heavy atom. The quantitative estimate of drug-likeness (QED) is 0.656. The monoisotopic (exact) mass is 391 g/mol. The molecular weight excluding hydrogens is 366 g/mol. The Morgan fingerprint density at radius 1 is 1.30 bits per heavy atom. The van der Waals surface area contributed by atoms with E-state index in [2.05, 4.69) is 17.2 Å². The van der Waals surface area contributed by atoms with Crippen molar-refractivity contribution in [2.24, 2.45) is 0 Å². The number of nitrogens with zero attached hydrogens (tertiary/aromatic N) is 1. The zero-order valence-corrected chi connectivity index (χ0v) is 16.6. The van der Waals surface area contributed by atoms with Crippen LogP contribution < -0.4 is 20.3 Å². The Balaban J connectivity index is 2.17. The molecule has 2 aromatic rings. The number of rotatable bonds is 6. The van der Waals surface area contributed by atoms with E-state index in [9.17, 15) is 9.90 Å². The Kier molecular flexibility index (Phi) is 5.86. The fourth-order valence-corrected chi connectivity index (χ4v) is 3.77. The molecule has 0 aliphatic carbocycles. The zero-order chi connectivity index (χ0) is 19.6. The molecular formula is C19H25N3O4S. The first-order chi connectivity index (χ1) is 13.0. The zero-order valence-electron chi connectivity index (χ0n) is 15.8. The van der Waals surface area contributed by atoms with Gasteiger partial charge in [-0.25, -0.2) is 0 Å². The molecule has 3 N–H and O–H groups in total. The molecule has 7 nitrogen and oxygen atoms in total. The van der Waals surface area contributed by atoms with E-state index >= 15 is 0 Å². The molecule has 1 aliphatic rings. The summed E-state index contributed by atoms with van der Waals surface area (Å²) in [6, 6.07) is 3.34. The average Bonchev–Trinajstić information content (AvgIpc) is 2.66. The minimum absolute atomic E-state index is 0.0858. The number of benzene rings is 1. The van der Waals surface area contributed by atoms with Gasteiger partial charge in [0, 0.05) is 13.1 Å². The number of aromatic hydroxyl groups is 1. The van der Waals surface area contributed by atoms with Gasteiger partial charge in [0.2, 0.25) is 5.88 Å². The van der Waals surface area contributed by atoms with Crippen molar-refractivity contribution in [3.63, 3.8) is 0 Å². The molecule has 0 saturated carbocycles. The van der Waals surface area contributed by atoms with E-state index in [-0.39, 0.29) is 21.8 Å². The third-order valence-corrected chi connectivity index (χ3v) is 5.25. The maximum Gasteiger partial charge on any atom is 0.260 e. The van der Waals surface area contributed by atoms with E-state index in [0.717, 1.165) is 30.4 Å². The van der Waals surface area contributed by atoms with Gasteiger partial charge < -0.3 is 19.9 Å². The molecule has 146 valence electrons. The van der Waals surface area contributed by atoms with Crippen LogP contribution in [0.3, 0.4) is 0 Å². The summed E-state index contributed by atoms with van der Waals surface area (Å²) in [5, 5.41) is 14.2. The van der Waals surface area contributed by atoms with Gasteiger partial charge in [-0.1, -0.05) is 13.3 Å². The number of methoxy groups -OCH3 is 2. The number of hydrogen-bond acceptors (Lipinski definition) is 6. The first-order valence-corrected chi connectivity index (χ1v) is 9.46. The van der Waals surface area contributed by atoms with Crippen molar-refractivity contribution in [3.8, 4) is 17.4 Å². The summed E-state index contributed by atoms with van der Waals surface area (Å²) in [7, 11) is 3.17. The second kappa shape index (κ2) is 8.14. The van der Waals surface area contributed by atoms with Gasteiger partial charge in [0.05, 0.1) is 25.8 Å². The van der Waals surface area contributed by atoms with Crippen LogP contribution in [-0.4, -0.2) is 35.4 Å². The van der Waals surface area contributed by atoms with Gasteiger partial charge in [-0.2, -0.15) is 0 Å². The van der Waals surface area contributed by atoms with E-state index in [1.807, 2.05) is 12.1 Å². The van der Waals surface area contributed by atoms with Gasteiger partial charge in [-0.3, -0.25) is 14.3 Å². The van der Waals surface area contributed by atoms with E-state index in [4.69, 9.17) is 21.7 Å². The van der Waals surface area contributed by atoms with Gasteiger partial charge in [0.1, 0.15) is 0 Å². The van der Waals surface area contributed by atoms with Crippen molar-refractivity contribution in [2.75, 3.05) is 20.8 Å². The second-order valence-corrected chi connectivity index (χ2v) is 6.93. The highest BCUT2D eigenvalue weighted by Gasteiger charge is 2.29. The van der Waals surface area contributed by atoms with Crippen molar-refractivity contribution in [2.45, 2.75) is 38.8 Å². The van der Waals surface area contributed by atoms with Gasteiger partial charge >= 0.3 is 0 Å². The molecule has 8 heteroatoms.